The van der Waals surface area contributed by atoms with Crippen LogP contribution in [0, 0.1) is 6.92 Å². The molecule has 1 unspecified atom stereocenters. The van der Waals surface area contributed by atoms with E-state index in [-0.39, 0.29) is 0 Å². The lowest BCUT2D eigenvalue weighted by Gasteiger charge is -2.16. The summed E-state index contributed by atoms with van der Waals surface area (Å²) in [7, 11) is 0. The number of hydrogen-bond acceptors (Lipinski definition) is 2. The predicted octanol–water partition coefficient (Wildman–Crippen LogP) is 3.28. The third kappa shape index (κ3) is 3.41. The average molecular weight is 240 g/mol. The molecule has 0 aliphatic heterocycles. The Labute approximate surface area is 109 Å². The number of rotatable bonds is 5. The number of aromatic nitrogens is 1. The van der Waals surface area contributed by atoms with Gasteiger partial charge in [0, 0.05) is 18.4 Å². The van der Waals surface area contributed by atoms with Crippen LogP contribution in [0.1, 0.15) is 29.7 Å². The van der Waals surface area contributed by atoms with Crippen LogP contribution in [0.5, 0.6) is 0 Å². The second-order valence-corrected chi connectivity index (χ2v) is 4.64. The van der Waals surface area contributed by atoms with E-state index >= 15 is 0 Å². The van der Waals surface area contributed by atoms with Crippen LogP contribution in [0.2, 0.25) is 0 Å². The second-order valence-electron chi connectivity index (χ2n) is 4.64. The van der Waals surface area contributed by atoms with Crippen molar-refractivity contribution in [2.45, 2.75) is 26.3 Å². The Morgan fingerprint density at radius 1 is 1.17 bits per heavy atom. The molecule has 2 heteroatoms. The van der Waals surface area contributed by atoms with E-state index in [9.17, 15) is 0 Å². The van der Waals surface area contributed by atoms with Crippen LogP contribution in [-0.4, -0.2) is 11.5 Å². The first kappa shape index (κ1) is 12.8. The number of pyridine rings is 1. The minimum atomic E-state index is 0.392. The normalized spacial score (nSPS) is 12.3. The van der Waals surface area contributed by atoms with E-state index in [1.807, 2.05) is 18.5 Å². The van der Waals surface area contributed by atoms with E-state index in [1.54, 1.807) is 0 Å². The molecule has 0 spiro atoms. The highest BCUT2D eigenvalue weighted by Gasteiger charge is 2.06. The van der Waals surface area contributed by atoms with Crippen LogP contribution in [0.3, 0.4) is 0 Å². The first-order valence-electron chi connectivity index (χ1n) is 6.45. The van der Waals surface area contributed by atoms with Gasteiger partial charge in [-0.15, -0.1) is 0 Å². The van der Waals surface area contributed by atoms with Gasteiger partial charge in [0.2, 0.25) is 0 Å². The third-order valence-electron chi connectivity index (χ3n) is 3.24. The minimum absolute atomic E-state index is 0.392. The monoisotopic (exact) mass is 240 g/mol. The van der Waals surface area contributed by atoms with Crippen molar-refractivity contribution in [3.8, 4) is 0 Å². The molecule has 0 amide bonds. The molecular formula is C16H20N2. The first-order chi connectivity index (χ1) is 8.77. The lowest BCUT2D eigenvalue weighted by Crippen LogP contribution is -2.22. The van der Waals surface area contributed by atoms with Crippen molar-refractivity contribution >= 4 is 0 Å². The number of benzene rings is 1. The molecule has 1 heterocycles. The standard InChI is InChI=1S/C16H20N2/c1-13-6-3-4-8-16(13)14(2)18-11-9-15-7-5-10-17-12-15/h3-8,10,12,14,18H,9,11H2,1-2H3. The van der Waals surface area contributed by atoms with Gasteiger partial charge in [-0.25, -0.2) is 0 Å². The Balaban J connectivity index is 1.86. The zero-order chi connectivity index (χ0) is 12.8. The summed E-state index contributed by atoms with van der Waals surface area (Å²) in [6.07, 6.45) is 4.76. The summed E-state index contributed by atoms with van der Waals surface area (Å²) < 4.78 is 0. The largest absolute Gasteiger partial charge is 0.310 e. The topological polar surface area (TPSA) is 24.9 Å². The maximum atomic E-state index is 4.13. The van der Waals surface area contributed by atoms with E-state index in [0.29, 0.717) is 6.04 Å². The molecule has 0 aliphatic rings. The van der Waals surface area contributed by atoms with Crippen molar-refractivity contribution in [1.29, 1.82) is 0 Å². The molecule has 1 N–H and O–H groups in total. The minimum Gasteiger partial charge on any atom is -0.310 e. The average Bonchev–Trinajstić information content (AvgIpc) is 2.40. The van der Waals surface area contributed by atoms with Crippen LogP contribution in [0.15, 0.2) is 48.8 Å². The van der Waals surface area contributed by atoms with Crippen LogP contribution in [0.25, 0.3) is 0 Å². The van der Waals surface area contributed by atoms with Crippen LogP contribution in [0.4, 0.5) is 0 Å². The summed E-state index contributed by atoms with van der Waals surface area (Å²) >= 11 is 0. The molecule has 1 aromatic carbocycles. The molecule has 0 fully saturated rings. The van der Waals surface area contributed by atoms with Crippen LogP contribution < -0.4 is 5.32 Å². The Hall–Kier alpha value is -1.67. The molecular weight excluding hydrogens is 220 g/mol. The summed E-state index contributed by atoms with van der Waals surface area (Å²) in [6, 6.07) is 13.0. The molecule has 2 aromatic rings. The number of aryl methyl sites for hydroxylation is 1. The van der Waals surface area contributed by atoms with E-state index in [0.717, 1.165) is 13.0 Å². The number of nitrogens with one attached hydrogen (secondary N) is 1. The zero-order valence-corrected chi connectivity index (χ0v) is 11.1. The van der Waals surface area contributed by atoms with Gasteiger partial charge >= 0.3 is 0 Å². The SMILES string of the molecule is Cc1ccccc1C(C)NCCc1cccnc1. The van der Waals surface area contributed by atoms with Gasteiger partial charge in [0.05, 0.1) is 0 Å². The molecule has 0 aliphatic carbocycles. The summed E-state index contributed by atoms with van der Waals surface area (Å²) in [4.78, 5) is 4.13. The number of hydrogen-bond donors (Lipinski definition) is 1. The number of nitrogens with zero attached hydrogens (tertiary/aromatic N) is 1. The molecule has 0 radical (unpaired) electrons. The Morgan fingerprint density at radius 3 is 2.72 bits per heavy atom. The van der Waals surface area contributed by atoms with E-state index in [2.05, 4.69) is 54.5 Å². The predicted molar refractivity (Wildman–Crippen MR) is 75.5 cm³/mol. The van der Waals surface area contributed by atoms with Crippen molar-refractivity contribution in [2.24, 2.45) is 0 Å². The van der Waals surface area contributed by atoms with Crippen LogP contribution >= 0.6 is 0 Å². The molecule has 0 saturated carbocycles. The quantitative estimate of drug-likeness (QED) is 0.867. The molecule has 0 saturated heterocycles. The third-order valence-corrected chi connectivity index (χ3v) is 3.24. The lowest BCUT2D eigenvalue weighted by molar-refractivity contribution is 0.574. The van der Waals surface area contributed by atoms with E-state index in [1.165, 1.54) is 16.7 Å². The van der Waals surface area contributed by atoms with Crippen LogP contribution in [-0.2, 0) is 6.42 Å². The highest BCUT2D eigenvalue weighted by Crippen LogP contribution is 2.16. The van der Waals surface area contributed by atoms with Crippen molar-refractivity contribution in [2.75, 3.05) is 6.54 Å². The summed E-state index contributed by atoms with van der Waals surface area (Å²) in [5.41, 5.74) is 4.00. The first-order valence-corrected chi connectivity index (χ1v) is 6.45. The fraction of sp³-hybridized carbons (Fsp3) is 0.312. The summed E-state index contributed by atoms with van der Waals surface area (Å²) in [5.74, 6) is 0. The fourth-order valence-corrected chi connectivity index (χ4v) is 2.16. The Kier molecular flexibility index (Phi) is 4.48. The van der Waals surface area contributed by atoms with Gasteiger partial charge in [0.15, 0.2) is 0 Å². The summed E-state index contributed by atoms with van der Waals surface area (Å²) in [6.45, 7) is 5.35. The highest BCUT2D eigenvalue weighted by molar-refractivity contribution is 5.28. The van der Waals surface area contributed by atoms with Gasteiger partial charge in [-0.05, 0) is 49.6 Å². The molecule has 0 bridgehead atoms. The van der Waals surface area contributed by atoms with Gasteiger partial charge in [0.25, 0.3) is 0 Å². The molecule has 94 valence electrons. The van der Waals surface area contributed by atoms with Gasteiger partial charge in [-0.3, -0.25) is 4.98 Å². The van der Waals surface area contributed by atoms with E-state index in [4.69, 9.17) is 0 Å². The maximum absolute atomic E-state index is 4.13. The Morgan fingerprint density at radius 2 is 2.00 bits per heavy atom. The maximum Gasteiger partial charge on any atom is 0.0300 e. The summed E-state index contributed by atoms with van der Waals surface area (Å²) in [5, 5.41) is 3.56. The molecule has 18 heavy (non-hydrogen) atoms. The zero-order valence-electron chi connectivity index (χ0n) is 11.1. The van der Waals surface area contributed by atoms with Crippen molar-refractivity contribution in [3.63, 3.8) is 0 Å². The van der Waals surface area contributed by atoms with Crippen molar-refractivity contribution in [3.05, 3.63) is 65.5 Å². The van der Waals surface area contributed by atoms with E-state index < -0.39 is 0 Å². The molecule has 2 nitrogen and oxygen atoms in total. The lowest BCUT2D eigenvalue weighted by atomic mass is 10.0. The smallest absolute Gasteiger partial charge is 0.0300 e. The molecule has 1 atom stereocenters. The second kappa shape index (κ2) is 6.31. The van der Waals surface area contributed by atoms with Gasteiger partial charge < -0.3 is 5.32 Å². The van der Waals surface area contributed by atoms with Gasteiger partial charge in [-0.1, -0.05) is 30.3 Å². The van der Waals surface area contributed by atoms with Gasteiger partial charge in [0.1, 0.15) is 0 Å². The Bertz CT molecular complexity index is 479. The molecule has 2 rings (SSSR count). The van der Waals surface area contributed by atoms with Gasteiger partial charge in [-0.2, -0.15) is 0 Å². The fourth-order valence-electron chi connectivity index (χ4n) is 2.16. The highest BCUT2D eigenvalue weighted by atomic mass is 14.9. The van der Waals surface area contributed by atoms with Crippen molar-refractivity contribution in [1.82, 2.24) is 10.3 Å². The molecule has 1 aromatic heterocycles. The van der Waals surface area contributed by atoms with Crippen molar-refractivity contribution < 1.29 is 0 Å².